The first-order valence-electron chi connectivity index (χ1n) is 12.3. The molecule has 198 valence electrons. The lowest BCUT2D eigenvalue weighted by atomic mass is 9.84. The van der Waals surface area contributed by atoms with Gasteiger partial charge >= 0.3 is 0 Å². The summed E-state index contributed by atoms with van der Waals surface area (Å²) in [6, 6.07) is 15.9. The number of rotatable bonds is 10. The third-order valence-corrected chi connectivity index (χ3v) is 7.45. The van der Waals surface area contributed by atoms with Gasteiger partial charge in [0.2, 0.25) is 11.8 Å². The lowest BCUT2D eigenvalue weighted by Gasteiger charge is -2.25. The van der Waals surface area contributed by atoms with E-state index in [-0.39, 0.29) is 24.0 Å². The van der Waals surface area contributed by atoms with Crippen LogP contribution in [0.1, 0.15) is 42.1 Å². The Balaban J connectivity index is 1.64. The van der Waals surface area contributed by atoms with Crippen LogP contribution in [0, 0.1) is 18.3 Å². The van der Waals surface area contributed by atoms with Crippen molar-refractivity contribution in [3.63, 3.8) is 0 Å². The normalized spacial score (nSPS) is 14.3. The zero-order valence-electron chi connectivity index (χ0n) is 21.9. The number of hydrogen-bond donors (Lipinski definition) is 2. The molecular weight excluding hydrogens is 502 g/mol. The highest BCUT2D eigenvalue weighted by Gasteiger charge is 2.35. The number of aromatic nitrogens is 2. The molecule has 3 N–H and O–H groups in total. The maximum Gasteiger partial charge on any atom is 0.260 e. The fourth-order valence-electron chi connectivity index (χ4n) is 4.33. The van der Waals surface area contributed by atoms with Crippen LogP contribution in [0.25, 0.3) is 0 Å². The zero-order chi connectivity index (χ0) is 27.2. The van der Waals surface area contributed by atoms with Crippen molar-refractivity contribution in [3.05, 3.63) is 76.3 Å². The van der Waals surface area contributed by atoms with Crippen molar-refractivity contribution in [2.75, 3.05) is 26.8 Å². The van der Waals surface area contributed by atoms with Gasteiger partial charge in [-0.2, -0.15) is 5.26 Å². The van der Waals surface area contributed by atoms with Crippen molar-refractivity contribution in [3.8, 4) is 23.4 Å². The van der Waals surface area contributed by atoms with Crippen LogP contribution in [0.3, 0.4) is 0 Å². The van der Waals surface area contributed by atoms with Gasteiger partial charge in [0.15, 0.2) is 18.1 Å². The van der Waals surface area contributed by atoms with Gasteiger partial charge in [0.05, 0.1) is 24.3 Å². The highest BCUT2D eigenvalue weighted by Crippen LogP contribution is 2.45. The molecule has 1 atom stereocenters. The Kier molecular flexibility index (Phi) is 8.48. The van der Waals surface area contributed by atoms with Crippen LogP contribution in [0.15, 0.2) is 58.8 Å². The smallest absolute Gasteiger partial charge is 0.260 e. The van der Waals surface area contributed by atoms with Gasteiger partial charge in [-0.25, -0.2) is 0 Å². The van der Waals surface area contributed by atoms with Crippen LogP contribution in [0.5, 0.6) is 17.4 Å². The average molecular weight is 534 g/mol. The minimum Gasteiger partial charge on any atom is -0.493 e. The molecule has 1 amide bonds. The molecule has 0 saturated carbocycles. The number of H-pyrrole nitrogens is 1. The van der Waals surface area contributed by atoms with Crippen LogP contribution in [-0.2, 0) is 10.5 Å². The highest BCUT2D eigenvalue weighted by atomic mass is 32.2. The molecule has 4 rings (SSSR count). The van der Waals surface area contributed by atoms with Crippen LogP contribution >= 0.6 is 11.8 Å². The monoisotopic (exact) mass is 533 g/mol. The lowest BCUT2D eigenvalue weighted by molar-refractivity contribution is -0.132. The Morgan fingerprint density at radius 3 is 2.61 bits per heavy atom. The van der Waals surface area contributed by atoms with Crippen molar-refractivity contribution >= 4 is 17.7 Å². The number of methoxy groups -OCH3 is 1. The SMILES string of the molecule is CCN(CC)C(=O)COc1ccc(C2C(C#N)=C(N)Oc3n[nH]c(CSc4ccc(C)cc4)c32)cc1OC. The number of fused-ring (bicyclic) bond motifs is 1. The molecule has 1 aliphatic rings. The van der Waals surface area contributed by atoms with Gasteiger partial charge in [-0.05, 0) is 50.6 Å². The van der Waals surface area contributed by atoms with E-state index in [0.29, 0.717) is 36.2 Å². The van der Waals surface area contributed by atoms with Crippen LogP contribution in [0.2, 0.25) is 0 Å². The second kappa shape index (κ2) is 12.0. The first-order chi connectivity index (χ1) is 18.4. The molecule has 2 heterocycles. The Morgan fingerprint density at radius 1 is 1.21 bits per heavy atom. The number of thioether (sulfide) groups is 1. The van der Waals surface area contributed by atoms with Crippen LogP contribution < -0.4 is 19.9 Å². The summed E-state index contributed by atoms with van der Waals surface area (Å²) in [7, 11) is 1.53. The predicted octanol–water partition coefficient (Wildman–Crippen LogP) is 4.48. The minimum atomic E-state index is -0.517. The predicted molar refractivity (Wildman–Crippen MR) is 145 cm³/mol. The second-order valence-corrected chi connectivity index (χ2v) is 9.76. The van der Waals surface area contributed by atoms with Crippen LogP contribution in [0.4, 0.5) is 0 Å². The number of nitrogens with one attached hydrogen (secondary N) is 1. The number of likely N-dealkylation sites (N-methyl/N-ethyl adjacent to an activating group) is 1. The largest absolute Gasteiger partial charge is 0.493 e. The topological polar surface area (TPSA) is 126 Å². The van der Waals surface area contributed by atoms with Gasteiger partial charge in [-0.3, -0.25) is 9.89 Å². The number of nitriles is 1. The van der Waals surface area contributed by atoms with E-state index in [1.807, 2.05) is 19.9 Å². The Hall–Kier alpha value is -4.10. The molecule has 0 fully saturated rings. The molecule has 0 bridgehead atoms. The molecule has 1 aromatic heterocycles. The van der Waals surface area contributed by atoms with E-state index >= 15 is 0 Å². The van der Waals surface area contributed by atoms with E-state index in [2.05, 4.69) is 47.5 Å². The number of allylic oxidation sites excluding steroid dienone is 1. The van der Waals surface area contributed by atoms with E-state index in [0.717, 1.165) is 21.7 Å². The van der Waals surface area contributed by atoms with E-state index in [9.17, 15) is 10.1 Å². The van der Waals surface area contributed by atoms with Crippen molar-refractivity contribution in [1.82, 2.24) is 15.1 Å². The van der Waals surface area contributed by atoms with Gasteiger partial charge < -0.3 is 24.8 Å². The van der Waals surface area contributed by atoms with Crippen molar-refractivity contribution in [2.24, 2.45) is 5.73 Å². The first-order valence-corrected chi connectivity index (χ1v) is 13.3. The number of carbonyl (C=O) groups is 1. The number of nitrogens with two attached hydrogens (primary N) is 1. The lowest BCUT2D eigenvalue weighted by Crippen LogP contribution is -2.34. The van der Waals surface area contributed by atoms with Crippen molar-refractivity contribution in [1.29, 1.82) is 5.26 Å². The zero-order valence-corrected chi connectivity index (χ0v) is 22.7. The summed E-state index contributed by atoms with van der Waals surface area (Å²) in [6.07, 6.45) is 0. The molecule has 3 aromatic rings. The molecule has 0 aliphatic carbocycles. The van der Waals surface area contributed by atoms with Gasteiger partial charge in [0.1, 0.15) is 11.6 Å². The minimum absolute atomic E-state index is 0.0124. The Morgan fingerprint density at radius 2 is 1.95 bits per heavy atom. The van der Waals surface area contributed by atoms with Crippen molar-refractivity contribution < 1.29 is 19.0 Å². The standard InChI is InChI=1S/C28H31N5O4S/c1-5-33(6-2)24(34)15-36-22-12-9-18(13-23(22)35-4)25-20(14-29)27(30)37-28-26(25)21(31-32-28)16-38-19-10-7-17(3)8-11-19/h7-13,25H,5-6,15-16,30H2,1-4H3,(H,31,32). The van der Waals surface area contributed by atoms with E-state index < -0.39 is 5.92 Å². The summed E-state index contributed by atoms with van der Waals surface area (Å²) in [4.78, 5) is 15.2. The molecule has 0 spiro atoms. The van der Waals surface area contributed by atoms with Gasteiger partial charge in [-0.1, -0.05) is 23.8 Å². The molecule has 1 unspecified atom stereocenters. The summed E-state index contributed by atoms with van der Waals surface area (Å²) in [5.74, 6) is 1.20. The molecule has 38 heavy (non-hydrogen) atoms. The summed E-state index contributed by atoms with van der Waals surface area (Å²) >= 11 is 1.65. The number of benzene rings is 2. The number of nitrogens with zero attached hydrogens (tertiary/aromatic N) is 3. The average Bonchev–Trinajstić information content (AvgIpc) is 3.33. The number of aryl methyl sites for hydroxylation is 1. The maximum atomic E-state index is 12.4. The first kappa shape index (κ1) is 26.9. The summed E-state index contributed by atoms with van der Waals surface area (Å²) in [6.45, 7) is 7.02. The Labute approximate surface area is 226 Å². The summed E-state index contributed by atoms with van der Waals surface area (Å²) in [5, 5.41) is 17.4. The second-order valence-electron chi connectivity index (χ2n) is 8.71. The molecule has 10 heteroatoms. The summed E-state index contributed by atoms with van der Waals surface area (Å²) < 4.78 is 17.1. The fourth-order valence-corrected chi connectivity index (χ4v) is 5.19. The summed E-state index contributed by atoms with van der Waals surface area (Å²) in [5.41, 5.74) is 9.96. The number of amides is 1. The number of aromatic amines is 1. The molecule has 1 aliphatic heterocycles. The van der Waals surface area contributed by atoms with Gasteiger partial charge in [-0.15, -0.1) is 16.9 Å². The van der Waals surface area contributed by atoms with Crippen molar-refractivity contribution in [2.45, 2.75) is 37.3 Å². The fraction of sp³-hybridized carbons (Fsp3) is 0.321. The van der Waals surface area contributed by atoms with Gasteiger partial charge in [0, 0.05) is 23.7 Å². The highest BCUT2D eigenvalue weighted by molar-refractivity contribution is 7.98. The van der Waals surface area contributed by atoms with Crippen LogP contribution in [-0.4, -0.2) is 47.8 Å². The van der Waals surface area contributed by atoms with E-state index in [1.165, 1.54) is 12.7 Å². The third kappa shape index (κ3) is 5.58. The molecular formula is C28H31N5O4S. The number of carbonyl (C=O) groups excluding carboxylic acids is 1. The molecule has 2 aromatic carbocycles. The van der Waals surface area contributed by atoms with Gasteiger partial charge in [0.25, 0.3) is 5.91 Å². The quantitative estimate of drug-likeness (QED) is 0.365. The number of ether oxygens (including phenoxy) is 3. The molecule has 9 nitrogen and oxygen atoms in total. The van der Waals surface area contributed by atoms with E-state index in [1.54, 1.807) is 28.8 Å². The maximum absolute atomic E-state index is 12.4. The van der Waals surface area contributed by atoms with E-state index in [4.69, 9.17) is 19.9 Å². The molecule has 0 radical (unpaired) electrons. The number of hydrogen-bond acceptors (Lipinski definition) is 8. The Bertz CT molecular complexity index is 1370. The third-order valence-electron chi connectivity index (χ3n) is 6.41. The molecule has 0 saturated heterocycles.